The van der Waals surface area contributed by atoms with E-state index in [4.69, 9.17) is 5.14 Å². The normalized spacial score (nSPS) is 12.9. The number of aromatic nitrogens is 2. The Kier molecular flexibility index (Phi) is 4.12. The lowest BCUT2D eigenvalue weighted by molar-refractivity contribution is 0.0935. The van der Waals surface area contributed by atoms with Gasteiger partial charge in [0.15, 0.2) is 5.69 Å². The van der Waals surface area contributed by atoms with Gasteiger partial charge in [0.1, 0.15) is 0 Å². The molecule has 7 nitrogen and oxygen atoms in total. The predicted molar refractivity (Wildman–Crippen MR) is 73.6 cm³/mol. The number of primary sulfonamides is 1. The van der Waals surface area contributed by atoms with E-state index >= 15 is 0 Å². The van der Waals surface area contributed by atoms with Crippen LogP contribution < -0.4 is 10.5 Å². The molecule has 0 saturated carbocycles. The molecule has 1 aromatic heterocycles. The van der Waals surface area contributed by atoms with Gasteiger partial charge in [0, 0.05) is 5.38 Å². The van der Waals surface area contributed by atoms with Gasteiger partial charge in [0.25, 0.3) is 5.91 Å². The number of nitrogens with two attached hydrogens (primary N) is 1. The van der Waals surface area contributed by atoms with Crippen molar-refractivity contribution in [3.8, 4) is 0 Å². The number of rotatable bonds is 4. The van der Waals surface area contributed by atoms with Crippen LogP contribution in [-0.4, -0.2) is 23.9 Å². The third-order valence-corrected chi connectivity index (χ3v) is 4.08. The van der Waals surface area contributed by atoms with Crippen LogP contribution in [0.3, 0.4) is 0 Å². The van der Waals surface area contributed by atoms with Gasteiger partial charge in [-0.3, -0.25) is 4.79 Å². The standard InChI is InChI=1S/C11H12N4O3S2/c1-7(13-11(16)10-6-19-15-14-10)8-2-4-9(5-3-8)20(12,17)18/h2-7H,1H3,(H,13,16)(H2,12,17,18). The Morgan fingerprint density at radius 2 is 2.00 bits per heavy atom. The molecule has 2 rings (SSSR count). The molecule has 20 heavy (non-hydrogen) atoms. The van der Waals surface area contributed by atoms with Crippen molar-refractivity contribution in [3.63, 3.8) is 0 Å². The van der Waals surface area contributed by atoms with Crippen LogP contribution in [0.5, 0.6) is 0 Å². The maximum atomic E-state index is 11.8. The van der Waals surface area contributed by atoms with Crippen molar-refractivity contribution in [2.45, 2.75) is 17.9 Å². The van der Waals surface area contributed by atoms with Gasteiger partial charge in [-0.05, 0) is 36.2 Å². The molecule has 0 radical (unpaired) electrons. The number of nitrogens with zero attached hydrogens (tertiary/aromatic N) is 2. The molecule has 1 aromatic carbocycles. The van der Waals surface area contributed by atoms with Gasteiger partial charge in [-0.1, -0.05) is 16.6 Å². The zero-order valence-electron chi connectivity index (χ0n) is 10.5. The summed E-state index contributed by atoms with van der Waals surface area (Å²) in [4.78, 5) is 11.8. The summed E-state index contributed by atoms with van der Waals surface area (Å²) in [6.07, 6.45) is 0. The van der Waals surface area contributed by atoms with Crippen LogP contribution in [-0.2, 0) is 10.0 Å². The van der Waals surface area contributed by atoms with Crippen LogP contribution in [0.25, 0.3) is 0 Å². The van der Waals surface area contributed by atoms with E-state index in [9.17, 15) is 13.2 Å². The Labute approximate surface area is 120 Å². The maximum Gasteiger partial charge on any atom is 0.273 e. The van der Waals surface area contributed by atoms with Crippen molar-refractivity contribution in [1.29, 1.82) is 0 Å². The van der Waals surface area contributed by atoms with Crippen LogP contribution in [0.4, 0.5) is 0 Å². The van der Waals surface area contributed by atoms with Crippen molar-refractivity contribution < 1.29 is 13.2 Å². The van der Waals surface area contributed by atoms with Crippen LogP contribution in [0.15, 0.2) is 34.5 Å². The van der Waals surface area contributed by atoms with Crippen LogP contribution in [0.2, 0.25) is 0 Å². The minimum Gasteiger partial charge on any atom is -0.344 e. The number of benzene rings is 1. The SMILES string of the molecule is CC(NC(=O)c1csnn1)c1ccc(S(N)(=O)=O)cc1. The van der Waals surface area contributed by atoms with Gasteiger partial charge in [0.05, 0.1) is 10.9 Å². The van der Waals surface area contributed by atoms with Gasteiger partial charge in [-0.25, -0.2) is 13.6 Å². The lowest BCUT2D eigenvalue weighted by Gasteiger charge is -2.13. The molecular weight excluding hydrogens is 300 g/mol. The molecule has 1 amide bonds. The van der Waals surface area contributed by atoms with Gasteiger partial charge in [-0.15, -0.1) is 5.10 Å². The highest BCUT2D eigenvalue weighted by atomic mass is 32.2. The van der Waals surface area contributed by atoms with Crippen LogP contribution in [0.1, 0.15) is 29.0 Å². The van der Waals surface area contributed by atoms with E-state index in [1.165, 1.54) is 12.1 Å². The van der Waals surface area contributed by atoms with E-state index in [1.54, 1.807) is 24.4 Å². The minimum atomic E-state index is -3.71. The summed E-state index contributed by atoms with van der Waals surface area (Å²) in [5.74, 6) is -0.332. The lowest BCUT2D eigenvalue weighted by atomic mass is 10.1. The Morgan fingerprint density at radius 1 is 1.35 bits per heavy atom. The second-order valence-electron chi connectivity index (χ2n) is 4.10. The first kappa shape index (κ1) is 14.6. The van der Waals surface area contributed by atoms with E-state index in [0.29, 0.717) is 0 Å². The summed E-state index contributed by atoms with van der Waals surface area (Å²) in [6.45, 7) is 1.78. The molecule has 0 fully saturated rings. The number of amides is 1. The fourth-order valence-electron chi connectivity index (χ4n) is 1.56. The fourth-order valence-corrected chi connectivity index (χ4v) is 2.52. The molecule has 106 valence electrons. The zero-order chi connectivity index (χ0) is 14.8. The van der Waals surface area contributed by atoms with E-state index < -0.39 is 10.0 Å². The van der Waals surface area contributed by atoms with Crippen molar-refractivity contribution >= 4 is 27.5 Å². The average Bonchev–Trinajstić information content (AvgIpc) is 2.91. The van der Waals surface area contributed by atoms with E-state index in [1.807, 2.05) is 0 Å². The smallest absolute Gasteiger partial charge is 0.273 e. The summed E-state index contributed by atoms with van der Waals surface area (Å²) in [6, 6.07) is 5.71. The molecule has 2 aromatic rings. The first-order chi connectivity index (χ1) is 9.38. The van der Waals surface area contributed by atoms with Gasteiger partial charge >= 0.3 is 0 Å². The van der Waals surface area contributed by atoms with Crippen molar-refractivity contribution in [1.82, 2.24) is 14.9 Å². The Morgan fingerprint density at radius 3 is 2.50 bits per heavy atom. The molecule has 0 aliphatic heterocycles. The number of hydrogen-bond donors (Lipinski definition) is 2. The predicted octanol–water partition coefficient (Wildman–Crippen LogP) is 0.677. The van der Waals surface area contributed by atoms with Crippen LogP contribution >= 0.6 is 11.5 Å². The van der Waals surface area contributed by atoms with E-state index in [0.717, 1.165) is 17.1 Å². The van der Waals surface area contributed by atoms with E-state index in [2.05, 4.69) is 14.9 Å². The molecule has 1 atom stereocenters. The minimum absolute atomic E-state index is 0.0310. The molecule has 0 aliphatic carbocycles. The van der Waals surface area contributed by atoms with Crippen molar-refractivity contribution in [3.05, 3.63) is 40.9 Å². The largest absolute Gasteiger partial charge is 0.344 e. The summed E-state index contributed by atoms with van der Waals surface area (Å²) in [5.41, 5.74) is 1.01. The van der Waals surface area contributed by atoms with Gasteiger partial charge in [0.2, 0.25) is 10.0 Å². The lowest BCUT2D eigenvalue weighted by Crippen LogP contribution is -2.27. The highest BCUT2D eigenvalue weighted by Crippen LogP contribution is 2.16. The average molecular weight is 312 g/mol. The van der Waals surface area contributed by atoms with Crippen molar-refractivity contribution in [2.24, 2.45) is 5.14 Å². The number of hydrogen-bond acceptors (Lipinski definition) is 6. The number of carbonyl (C=O) groups excluding carboxylic acids is 1. The van der Waals surface area contributed by atoms with Gasteiger partial charge < -0.3 is 5.32 Å². The Balaban J connectivity index is 2.10. The monoisotopic (exact) mass is 312 g/mol. The van der Waals surface area contributed by atoms with E-state index in [-0.39, 0.29) is 22.5 Å². The Bertz CT molecular complexity index is 696. The molecule has 0 saturated heterocycles. The summed E-state index contributed by atoms with van der Waals surface area (Å²) in [5, 5.41) is 13.0. The molecular formula is C11H12N4O3S2. The number of nitrogens with one attached hydrogen (secondary N) is 1. The second kappa shape index (κ2) is 5.65. The zero-order valence-corrected chi connectivity index (χ0v) is 12.1. The highest BCUT2D eigenvalue weighted by molar-refractivity contribution is 7.89. The molecule has 3 N–H and O–H groups in total. The third kappa shape index (κ3) is 3.38. The van der Waals surface area contributed by atoms with Crippen molar-refractivity contribution in [2.75, 3.05) is 0 Å². The molecule has 0 aliphatic rings. The molecule has 0 bridgehead atoms. The molecule has 9 heteroatoms. The summed E-state index contributed by atoms with van der Waals surface area (Å²) in [7, 11) is -3.71. The Hall–Kier alpha value is -1.84. The maximum absolute atomic E-state index is 11.8. The molecule has 1 heterocycles. The fraction of sp³-hybridized carbons (Fsp3) is 0.182. The number of sulfonamides is 1. The summed E-state index contributed by atoms with van der Waals surface area (Å²) >= 11 is 1.09. The second-order valence-corrected chi connectivity index (χ2v) is 6.27. The first-order valence-electron chi connectivity index (χ1n) is 5.58. The molecule has 0 spiro atoms. The molecule has 1 unspecified atom stereocenters. The van der Waals surface area contributed by atoms with Crippen LogP contribution in [0, 0.1) is 0 Å². The highest BCUT2D eigenvalue weighted by Gasteiger charge is 2.14. The third-order valence-electron chi connectivity index (χ3n) is 2.65. The number of carbonyl (C=O) groups is 1. The quantitative estimate of drug-likeness (QED) is 0.861. The first-order valence-corrected chi connectivity index (χ1v) is 7.97. The van der Waals surface area contributed by atoms with Gasteiger partial charge in [-0.2, -0.15) is 0 Å². The topological polar surface area (TPSA) is 115 Å². The summed E-state index contributed by atoms with van der Waals surface area (Å²) < 4.78 is 25.9.